The third kappa shape index (κ3) is 4.24. The third-order valence-corrected chi connectivity index (χ3v) is 3.77. The highest BCUT2D eigenvalue weighted by atomic mass is 16.7. The number of ether oxygens (including phenoxy) is 2. The van der Waals surface area contributed by atoms with E-state index in [1.165, 1.54) is 0 Å². The monoisotopic (exact) mass is 341 g/mol. The van der Waals surface area contributed by atoms with Crippen molar-refractivity contribution in [1.29, 1.82) is 0 Å². The molecule has 7 nitrogen and oxygen atoms in total. The van der Waals surface area contributed by atoms with Crippen LogP contribution in [0.1, 0.15) is 32.5 Å². The van der Waals surface area contributed by atoms with Gasteiger partial charge in [-0.15, -0.1) is 0 Å². The number of benzene rings is 1. The van der Waals surface area contributed by atoms with Gasteiger partial charge in [0.1, 0.15) is 11.3 Å². The van der Waals surface area contributed by atoms with E-state index in [2.05, 4.69) is 32.2 Å². The van der Waals surface area contributed by atoms with E-state index in [1.807, 2.05) is 37.3 Å². The van der Waals surface area contributed by atoms with E-state index < -0.39 is 6.29 Å². The van der Waals surface area contributed by atoms with Crippen LogP contribution in [0, 0.1) is 0 Å². The molecule has 2 N–H and O–H groups in total. The van der Waals surface area contributed by atoms with Crippen molar-refractivity contribution >= 4 is 22.8 Å². The van der Waals surface area contributed by atoms with Crippen LogP contribution in [0.4, 0.5) is 11.6 Å². The first-order valence-corrected chi connectivity index (χ1v) is 8.47. The molecule has 0 aliphatic rings. The molecule has 3 rings (SSSR count). The number of unbranched alkanes of at least 4 members (excludes halogenated alkanes) is 1. The molecule has 2 aromatic heterocycles. The number of nitrogens with zero attached hydrogens (tertiary/aromatic N) is 3. The zero-order chi connectivity index (χ0) is 17.6. The number of aromatic amines is 1. The van der Waals surface area contributed by atoms with E-state index in [1.54, 1.807) is 7.11 Å². The number of imidazole rings is 1. The van der Waals surface area contributed by atoms with Crippen LogP contribution in [-0.4, -0.2) is 33.3 Å². The summed E-state index contributed by atoms with van der Waals surface area (Å²) >= 11 is 0. The summed E-state index contributed by atoms with van der Waals surface area (Å²) in [4.78, 5) is 16.8. The molecule has 0 saturated carbocycles. The van der Waals surface area contributed by atoms with E-state index in [4.69, 9.17) is 9.47 Å². The van der Waals surface area contributed by atoms with Crippen LogP contribution >= 0.6 is 0 Å². The Labute approximate surface area is 146 Å². The van der Waals surface area contributed by atoms with Gasteiger partial charge in [-0.3, -0.25) is 0 Å². The van der Waals surface area contributed by atoms with Gasteiger partial charge in [0, 0.05) is 19.2 Å². The lowest BCUT2D eigenvalue weighted by atomic mass is 10.2. The Hall–Kier alpha value is -2.67. The minimum absolute atomic E-state index is 0.424. The van der Waals surface area contributed by atoms with Crippen LogP contribution in [-0.2, 0) is 11.2 Å². The molecule has 25 heavy (non-hydrogen) atoms. The number of hydrogen-bond donors (Lipinski definition) is 2. The average molecular weight is 341 g/mol. The van der Waals surface area contributed by atoms with Crippen molar-refractivity contribution in [2.75, 3.05) is 12.4 Å². The lowest BCUT2D eigenvalue weighted by Crippen LogP contribution is -2.15. The number of H-pyrrole nitrogens is 1. The van der Waals surface area contributed by atoms with Crippen molar-refractivity contribution in [3.8, 4) is 5.88 Å². The molecule has 7 heteroatoms. The van der Waals surface area contributed by atoms with Crippen molar-refractivity contribution in [2.24, 2.45) is 0 Å². The van der Waals surface area contributed by atoms with Gasteiger partial charge < -0.3 is 19.8 Å². The van der Waals surface area contributed by atoms with Crippen molar-refractivity contribution in [2.45, 2.75) is 39.4 Å². The fraction of sp³-hybridized carbons (Fsp3) is 0.389. The maximum atomic E-state index is 5.79. The summed E-state index contributed by atoms with van der Waals surface area (Å²) in [5.74, 6) is 1.75. The van der Waals surface area contributed by atoms with Gasteiger partial charge in [0.25, 0.3) is 0 Å². The molecule has 0 radical (unpaired) electrons. The SMILES string of the molecule is CCCCc1nc2nc(Nc3ccccc3)nc(OC(C)OC)c2[nH]1. The highest BCUT2D eigenvalue weighted by molar-refractivity contribution is 5.78. The number of methoxy groups -OCH3 is 1. The molecule has 0 aliphatic carbocycles. The van der Waals surface area contributed by atoms with Crippen LogP contribution in [0.25, 0.3) is 11.2 Å². The van der Waals surface area contributed by atoms with Crippen molar-refractivity contribution < 1.29 is 9.47 Å². The first-order valence-electron chi connectivity index (χ1n) is 8.47. The number of aryl methyl sites for hydroxylation is 1. The van der Waals surface area contributed by atoms with E-state index in [0.717, 1.165) is 30.8 Å². The Kier molecular flexibility index (Phi) is 5.45. The zero-order valence-corrected chi connectivity index (χ0v) is 14.7. The van der Waals surface area contributed by atoms with Gasteiger partial charge in [-0.25, -0.2) is 4.98 Å². The predicted molar refractivity (Wildman–Crippen MR) is 97.1 cm³/mol. The predicted octanol–water partition coefficient (Wildman–Crippen LogP) is 3.81. The Morgan fingerprint density at radius 2 is 1.96 bits per heavy atom. The number of hydrogen-bond acceptors (Lipinski definition) is 6. The van der Waals surface area contributed by atoms with Gasteiger partial charge in [0.2, 0.25) is 11.8 Å². The number of para-hydroxylation sites is 1. The Balaban J connectivity index is 1.96. The second kappa shape index (κ2) is 7.94. The average Bonchev–Trinajstić information content (AvgIpc) is 3.04. The zero-order valence-electron chi connectivity index (χ0n) is 14.7. The molecule has 132 valence electrons. The summed E-state index contributed by atoms with van der Waals surface area (Å²) in [6.07, 6.45) is 2.61. The van der Waals surface area contributed by atoms with Gasteiger partial charge in [0.05, 0.1) is 0 Å². The van der Waals surface area contributed by atoms with Crippen molar-refractivity contribution in [1.82, 2.24) is 19.9 Å². The summed E-state index contributed by atoms with van der Waals surface area (Å²) in [5.41, 5.74) is 2.17. The highest BCUT2D eigenvalue weighted by Gasteiger charge is 2.16. The van der Waals surface area contributed by atoms with Crippen LogP contribution in [0.5, 0.6) is 5.88 Å². The summed E-state index contributed by atoms with van der Waals surface area (Å²) in [7, 11) is 1.59. The summed E-state index contributed by atoms with van der Waals surface area (Å²) in [5, 5.41) is 3.18. The number of fused-ring (bicyclic) bond motifs is 1. The summed E-state index contributed by atoms with van der Waals surface area (Å²) in [6.45, 7) is 3.96. The molecular weight excluding hydrogens is 318 g/mol. The number of anilines is 2. The highest BCUT2D eigenvalue weighted by Crippen LogP contribution is 2.25. The van der Waals surface area contributed by atoms with Crippen molar-refractivity contribution in [3.05, 3.63) is 36.2 Å². The molecule has 0 aliphatic heterocycles. The fourth-order valence-electron chi connectivity index (χ4n) is 2.38. The quantitative estimate of drug-likeness (QED) is 0.606. The standard InChI is InChI=1S/C18H23N5O2/c1-4-5-11-14-20-15-16(21-14)22-18(19-13-9-7-6-8-10-13)23-17(15)25-12(2)24-3/h6-10,12H,4-5,11H2,1-3H3,(H2,19,20,21,22,23). The topological polar surface area (TPSA) is 85.0 Å². The molecule has 0 amide bonds. The Morgan fingerprint density at radius 1 is 1.16 bits per heavy atom. The number of aromatic nitrogens is 4. The van der Waals surface area contributed by atoms with E-state index in [0.29, 0.717) is 23.0 Å². The molecule has 1 unspecified atom stereocenters. The van der Waals surface area contributed by atoms with Gasteiger partial charge in [-0.2, -0.15) is 9.97 Å². The minimum Gasteiger partial charge on any atom is -0.446 e. The first kappa shape index (κ1) is 17.2. The lowest BCUT2D eigenvalue weighted by molar-refractivity contribution is -0.0400. The maximum Gasteiger partial charge on any atom is 0.247 e. The summed E-state index contributed by atoms with van der Waals surface area (Å²) < 4.78 is 11.0. The van der Waals surface area contributed by atoms with Gasteiger partial charge in [-0.1, -0.05) is 31.5 Å². The molecule has 3 aromatic rings. The third-order valence-electron chi connectivity index (χ3n) is 3.77. The van der Waals surface area contributed by atoms with Crippen LogP contribution in [0.3, 0.4) is 0 Å². The Morgan fingerprint density at radius 3 is 2.68 bits per heavy atom. The molecule has 1 aromatic carbocycles. The van der Waals surface area contributed by atoms with E-state index >= 15 is 0 Å². The molecular formula is C18H23N5O2. The minimum atomic E-state index is -0.426. The smallest absolute Gasteiger partial charge is 0.247 e. The largest absolute Gasteiger partial charge is 0.446 e. The molecule has 0 bridgehead atoms. The first-order chi connectivity index (χ1) is 12.2. The molecule has 0 spiro atoms. The van der Waals surface area contributed by atoms with Crippen molar-refractivity contribution in [3.63, 3.8) is 0 Å². The fourth-order valence-corrected chi connectivity index (χ4v) is 2.38. The Bertz CT molecular complexity index is 819. The van der Waals surface area contributed by atoms with Gasteiger partial charge in [-0.05, 0) is 25.5 Å². The van der Waals surface area contributed by atoms with E-state index in [-0.39, 0.29) is 0 Å². The molecule has 0 fully saturated rings. The second-order valence-electron chi connectivity index (χ2n) is 5.75. The molecule has 0 saturated heterocycles. The normalized spacial score (nSPS) is 12.3. The molecule has 1 atom stereocenters. The van der Waals surface area contributed by atoms with E-state index in [9.17, 15) is 0 Å². The summed E-state index contributed by atoms with van der Waals surface area (Å²) in [6, 6.07) is 9.75. The van der Waals surface area contributed by atoms with Crippen LogP contribution in [0.15, 0.2) is 30.3 Å². The number of nitrogens with one attached hydrogen (secondary N) is 2. The number of rotatable bonds is 8. The molecule has 2 heterocycles. The van der Waals surface area contributed by atoms with Crippen LogP contribution < -0.4 is 10.1 Å². The van der Waals surface area contributed by atoms with Crippen LogP contribution in [0.2, 0.25) is 0 Å². The van der Waals surface area contributed by atoms with Gasteiger partial charge >= 0.3 is 0 Å². The lowest BCUT2D eigenvalue weighted by Gasteiger charge is -2.13. The maximum absolute atomic E-state index is 5.79. The second-order valence-corrected chi connectivity index (χ2v) is 5.75. The van der Waals surface area contributed by atoms with Gasteiger partial charge in [0.15, 0.2) is 11.9 Å².